The molecule has 0 atom stereocenters. The van der Waals surface area contributed by atoms with Crippen LogP contribution >= 0.6 is 0 Å². The van der Waals surface area contributed by atoms with E-state index in [1.54, 1.807) is 77.9 Å². The molecular weight excluding hydrogens is 704 g/mol. The van der Waals surface area contributed by atoms with Crippen molar-refractivity contribution in [3.8, 4) is 0 Å². The Morgan fingerprint density at radius 2 is 1.07 bits per heavy atom. The summed E-state index contributed by atoms with van der Waals surface area (Å²) in [5.41, 5.74) is 1.08. The van der Waals surface area contributed by atoms with Crippen LogP contribution in [0.2, 0.25) is 0 Å². The molecule has 54 heavy (non-hydrogen) atoms. The molecule has 0 unspecified atom stereocenters. The van der Waals surface area contributed by atoms with Gasteiger partial charge in [-0.05, 0) is 96.2 Å². The van der Waals surface area contributed by atoms with E-state index >= 15 is 0 Å². The first-order valence-corrected chi connectivity index (χ1v) is 17.1. The molecule has 4 N–H and O–H groups in total. The van der Waals surface area contributed by atoms with Crippen molar-refractivity contribution >= 4 is 58.9 Å². The van der Waals surface area contributed by atoms with E-state index in [2.05, 4.69) is 34.4 Å². The average Bonchev–Trinajstić information content (AvgIpc) is 3.10. The molecule has 0 aliphatic carbocycles. The van der Waals surface area contributed by atoms with Crippen LogP contribution in [0.4, 0.5) is 37.1 Å². The Morgan fingerprint density at radius 1 is 0.611 bits per heavy atom. The molecule has 0 saturated carbocycles. The maximum atomic E-state index is 13.1. The van der Waals surface area contributed by atoms with Crippen molar-refractivity contribution in [1.82, 2.24) is 0 Å². The second kappa shape index (κ2) is 21.6. The lowest BCUT2D eigenvalue weighted by Gasteiger charge is -2.27. The Morgan fingerprint density at radius 3 is 1.56 bits per heavy atom. The van der Waals surface area contributed by atoms with Crippen LogP contribution in [0.1, 0.15) is 58.1 Å². The maximum absolute atomic E-state index is 13.1. The van der Waals surface area contributed by atoms with Gasteiger partial charge in [0.05, 0.1) is 0 Å². The lowest BCUT2D eigenvalue weighted by molar-refractivity contribution is -0.139. The van der Waals surface area contributed by atoms with Gasteiger partial charge in [-0.1, -0.05) is 25.3 Å². The van der Waals surface area contributed by atoms with Crippen molar-refractivity contribution in [2.24, 2.45) is 0 Å². The molecule has 0 spiro atoms. The topological polar surface area (TPSA) is 206 Å². The van der Waals surface area contributed by atoms with Gasteiger partial charge in [-0.2, -0.15) is 0 Å². The molecule has 2 rings (SSSR count). The van der Waals surface area contributed by atoms with Crippen LogP contribution in [0.3, 0.4) is 0 Å². The second-order valence-corrected chi connectivity index (χ2v) is 12.9. The van der Waals surface area contributed by atoms with Gasteiger partial charge < -0.3 is 33.7 Å². The molecule has 0 aliphatic heterocycles. The predicted molar refractivity (Wildman–Crippen MR) is 201 cm³/mol. The quantitative estimate of drug-likeness (QED) is 0.0477. The van der Waals surface area contributed by atoms with Crippen molar-refractivity contribution in [2.45, 2.75) is 72.0 Å². The fourth-order valence-electron chi connectivity index (χ4n) is 4.40. The van der Waals surface area contributed by atoms with Crippen LogP contribution in [0, 0.1) is 13.8 Å². The summed E-state index contributed by atoms with van der Waals surface area (Å²) in [6.45, 7) is 16.7. The normalized spacial score (nSPS) is 10.9. The lowest BCUT2D eigenvalue weighted by atomic mass is 10.0. The number of anilines is 4. The van der Waals surface area contributed by atoms with E-state index < -0.39 is 47.3 Å². The summed E-state index contributed by atoms with van der Waals surface area (Å²) in [5.74, 6) is -1.65. The van der Waals surface area contributed by atoms with E-state index in [1.165, 1.54) is 0 Å². The average molecular weight is 755 g/mol. The van der Waals surface area contributed by atoms with E-state index in [4.69, 9.17) is 28.4 Å². The second-order valence-electron chi connectivity index (χ2n) is 12.9. The number of aryl methyl sites for hydroxylation is 2. The minimum absolute atomic E-state index is 0.120. The third kappa shape index (κ3) is 16.6. The number of unbranched alkanes of at least 4 members (excludes halogenated alkanes) is 1. The Labute approximate surface area is 314 Å². The van der Waals surface area contributed by atoms with Crippen molar-refractivity contribution in [2.75, 3.05) is 54.3 Å². The summed E-state index contributed by atoms with van der Waals surface area (Å²) < 4.78 is 31.1. The molecule has 0 radical (unpaired) electrons. The van der Waals surface area contributed by atoms with Crippen molar-refractivity contribution < 1.29 is 57.2 Å². The molecule has 2 aromatic carbocycles. The standard InChI is InChI=1S/C38H50N4O12/c1-9-31(43)49-19-21-51-34(46)39-27-15-13-25(3)29(23-27)41-33(45)38(7,8)53-18-12-11-17-37(5,6)54-36(48)42-30-24-28(16-14-26(30)4)40-35(47)52-22-20-50-32(44)10-2/h9-10,13-16,23-24H,1-2,11-12,17-22H2,3-8H3,(H,39,46)(H,40,47)(H,41,45)(H,42,48). The number of carbonyl (C=O) groups excluding carboxylic acids is 6. The third-order valence-corrected chi connectivity index (χ3v) is 7.46. The molecular formula is C38H50N4O12. The molecule has 16 nitrogen and oxygen atoms in total. The lowest BCUT2D eigenvalue weighted by Crippen LogP contribution is -2.40. The minimum atomic E-state index is -1.19. The summed E-state index contributed by atoms with van der Waals surface area (Å²) in [6, 6.07) is 9.85. The van der Waals surface area contributed by atoms with Crippen LogP contribution in [0.15, 0.2) is 61.7 Å². The zero-order chi connectivity index (χ0) is 40.3. The van der Waals surface area contributed by atoms with Gasteiger partial charge in [0.25, 0.3) is 5.91 Å². The first kappa shape index (κ1) is 44.3. The fraction of sp³-hybridized carbons (Fsp3) is 0.421. The molecule has 16 heteroatoms. The number of hydrogen-bond donors (Lipinski definition) is 4. The van der Waals surface area contributed by atoms with Crippen molar-refractivity contribution in [1.29, 1.82) is 0 Å². The van der Waals surface area contributed by atoms with Crippen molar-refractivity contribution in [3.63, 3.8) is 0 Å². The first-order chi connectivity index (χ1) is 25.4. The molecule has 294 valence electrons. The highest BCUT2D eigenvalue weighted by Gasteiger charge is 2.29. The van der Waals surface area contributed by atoms with Crippen LogP contribution in [0.5, 0.6) is 0 Å². The number of benzene rings is 2. The number of nitrogens with one attached hydrogen (secondary N) is 4. The highest BCUT2D eigenvalue weighted by Crippen LogP contribution is 2.25. The van der Waals surface area contributed by atoms with Gasteiger partial charge in [-0.3, -0.25) is 20.7 Å². The molecule has 0 heterocycles. The van der Waals surface area contributed by atoms with Gasteiger partial charge in [0.1, 0.15) is 37.6 Å². The summed E-state index contributed by atoms with van der Waals surface area (Å²) >= 11 is 0. The fourth-order valence-corrected chi connectivity index (χ4v) is 4.40. The molecule has 0 aromatic heterocycles. The van der Waals surface area contributed by atoms with Crippen LogP contribution < -0.4 is 21.3 Å². The maximum Gasteiger partial charge on any atom is 0.412 e. The monoisotopic (exact) mass is 754 g/mol. The molecule has 0 saturated heterocycles. The van der Waals surface area contributed by atoms with E-state index in [-0.39, 0.29) is 33.0 Å². The summed E-state index contributed by atoms with van der Waals surface area (Å²) in [7, 11) is 0. The number of amides is 4. The van der Waals surface area contributed by atoms with Crippen molar-refractivity contribution in [3.05, 3.63) is 72.8 Å². The van der Waals surface area contributed by atoms with E-state index in [0.29, 0.717) is 42.0 Å². The Bertz CT molecular complexity index is 1670. The largest absolute Gasteiger partial charge is 0.459 e. The smallest absolute Gasteiger partial charge is 0.412 e. The number of esters is 2. The minimum Gasteiger partial charge on any atom is -0.459 e. The van der Waals surface area contributed by atoms with Gasteiger partial charge in [0.15, 0.2) is 0 Å². The molecule has 0 bridgehead atoms. The van der Waals surface area contributed by atoms with Gasteiger partial charge in [0.2, 0.25) is 0 Å². The Balaban J connectivity index is 1.78. The van der Waals surface area contributed by atoms with Crippen LogP contribution in [-0.4, -0.2) is 80.4 Å². The number of hydrogen-bond acceptors (Lipinski definition) is 12. The van der Waals surface area contributed by atoms with Gasteiger partial charge in [0, 0.05) is 41.5 Å². The molecule has 2 aromatic rings. The van der Waals surface area contributed by atoms with Crippen LogP contribution in [-0.2, 0) is 42.8 Å². The van der Waals surface area contributed by atoms with Gasteiger partial charge >= 0.3 is 30.2 Å². The van der Waals surface area contributed by atoms with Crippen LogP contribution in [0.25, 0.3) is 0 Å². The zero-order valence-corrected chi connectivity index (χ0v) is 31.6. The van der Waals surface area contributed by atoms with E-state index in [9.17, 15) is 28.8 Å². The number of carbonyl (C=O) groups is 6. The van der Waals surface area contributed by atoms with Gasteiger partial charge in [-0.15, -0.1) is 0 Å². The zero-order valence-electron chi connectivity index (χ0n) is 31.6. The predicted octanol–water partition coefficient (Wildman–Crippen LogP) is 6.79. The number of rotatable bonds is 20. The summed E-state index contributed by atoms with van der Waals surface area (Å²) in [4.78, 5) is 72.3. The highest BCUT2D eigenvalue weighted by molar-refractivity contribution is 5.98. The summed E-state index contributed by atoms with van der Waals surface area (Å²) in [5, 5.41) is 10.6. The molecule has 4 amide bonds. The number of ether oxygens (including phenoxy) is 6. The molecule has 0 fully saturated rings. The Hall–Kier alpha value is -5.90. The van der Waals surface area contributed by atoms with Gasteiger partial charge in [-0.25, -0.2) is 24.0 Å². The third-order valence-electron chi connectivity index (χ3n) is 7.46. The summed E-state index contributed by atoms with van der Waals surface area (Å²) in [6.07, 6.45) is 1.51. The molecule has 0 aliphatic rings. The Kier molecular flexibility index (Phi) is 17.7. The SMILES string of the molecule is C=CC(=O)OCCOC(=O)Nc1ccc(C)c(NC(=O)OC(C)(C)CCCCOC(C)(C)C(=O)Nc2cc(NC(=O)OCCOC(=O)C=C)ccc2C)c1. The van der Waals surface area contributed by atoms with E-state index in [1.807, 2.05) is 0 Å². The highest BCUT2D eigenvalue weighted by atomic mass is 16.6. The first-order valence-electron chi connectivity index (χ1n) is 17.1. The van der Waals surface area contributed by atoms with E-state index in [0.717, 1.165) is 23.3 Å².